The largest absolute Gasteiger partial charge is 0.344 e. The summed E-state index contributed by atoms with van der Waals surface area (Å²) < 4.78 is 2.03. The minimum atomic E-state index is -0.467. The van der Waals surface area contributed by atoms with Crippen LogP contribution < -0.4 is 5.32 Å². The summed E-state index contributed by atoms with van der Waals surface area (Å²) >= 11 is 19.9. The van der Waals surface area contributed by atoms with Gasteiger partial charge in [-0.2, -0.15) is 10.4 Å². The molecule has 32 heavy (non-hydrogen) atoms. The summed E-state index contributed by atoms with van der Waals surface area (Å²) in [4.78, 5) is 13.8. The molecule has 0 saturated heterocycles. The Morgan fingerprint density at radius 2 is 1.88 bits per heavy atom. The quantitative estimate of drug-likeness (QED) is 0.322. The number of carbonyl (C=O) groups excluding carboxylic acids is 1. The Morgan fingerprint density at radius 3 is 2.50 bits per heavy atom. The van der Waals surface area contributed by atoms with E-state index in [0.717, 1.165) is 5.56 Å². The van der Waals surface area contributed by atoms with Crippen LogP contribution in [0.15, 0.2) is 60.7 Å². The molecule has 2 aromatic heterocycles. The molecule has 0 aliphatic rings. The van der Waals surface area contributed by atoms with Gasteiger partial charge in [0.25, 0.3) is 5.91 Å². The number of nitrogens with zero attached hydrogens (tertiary/aromatic N) is 3. The van der Waals surface area contributed by atoms with Gasteiger partial charge in [0.15, 0.2) is 5.69 Å². The van der Waals surface area contributed by atoms with Crippen molar-refractivity contribution in [1.29, 1.82) is 5.26 Å². The molecule has 0 aliphatic heterocycles. The zero-order valence-corrected chi connectivity index (χ0v) is 19.7. The standard InChI is InChI=1S/C23H15Cl3N4OS/c1-13(14-5-3-2-4-6-14)28-23(31)21-16(12-27)22(19-9-10-20(26)32-19)30(29-21)18-8-7-15(24)11-17(18)25/h2-11,13H,1H3,(H,28,31)/t13-/m1/s1. The van der Waals surface area contributed by atoms with Crippen molar-refractivity contribution in [3.05, 3.63) is 91.9 Å². The fourth-order valence-corrected chi connectivity index (χ4v) is 4.84. The summed E-state index contributed by atoms with van der Waals surface area (Å²) in [6, 6.07) is 19.8. The van der Waals surface area contributed by atoms with Crippen molar-refractivity contribution < 1.29 is 4.79 Å². The highest BCUT2D eigenvalue weighted by atomic mass is 35.5. The minimum Gasteiger partial charge on any atom is -0.344 e. The highest BCUT2D eigenvalue weighted by Crippen LogP contribution is 2.37. The number of aromatic nitrogens is 2. The fourth-order valence-electron chi connectivity index (χ4n) is 3.27. The van der Waals surface area contributed by atoms with Gasteiger partial charge in [0.2, 0.25) is 0 Å². The summed E-state index contributed by atoms with van der Waals surface area (Å²) in [6.45, 7) is 1.87. The Hall–Kier alpha value is -2.82. The number of carbonyl (C=O) groups is 1. The van der Waals surface area contributed by atoms with Crippen LogP contribution in [0.3, 0.4) is 0 Å². The zero-order chi connectivity index (χ0) is 22.8. The molecule has 9 heteroatoms. The normalized spacial score (nSPS) is 11.7. The van der Waals surface area contributed by atoms with Crippen LogP contribution in [0.4, 0.5) is 0 Å². The molecule has 0 aliphatic carbocycles. The minimum absolute atomic E-state index is 0.000759. The Morgan fingerprint density at radius 1 is 1.12 bits per heavy atom. The van der Waals surface area contributed by atoms with Crippen LogP contribution in [0, 0.1) is 11.3 Å². The van der Waals surface area contributed by atoms with E-state index in [4.69, 9.17) is 34.8 Å². The highest BCUT2D eigenvalue weighted by molar-refractivity contribution is 7.19. The highest BCUT2D eigenvalue weighted by Gasteiger charge is 2.27. The van der Waals surface area contributed by atoms with Crippen LogP contribution in [0.5, 0.6) is 0 Å². The Labute approximate surface area is 203 Å². The Bertz CT molecular complexity index is 1340. The first-order valence-electron chi connectivity index (χ1n) is 9.49. The molecule has 4 aromatic rings. The molecule has 0 radical (unpaired) electrons. The lowest BCUT2D eigenvalue weighted by atomic mass is 10.1. The number of nitrogens with one attached hydrogen (secondary N) is 1. The number of benzene rings is 2. The van der Waals surface area contributed by atoms with Crippen molar-refractivity contribution in [3.8, 4) is 22.3 Å². The number of nitriles is 1. The molecule has 1 amide bonds. The van der Waals surface area contributed by atoms with Crippen molar-refractivity contribution in [2.75, 3.05) is 0 Å². The van der Waals surface area contributed by atoms with Crippen molar-refractivity contribution in [3.63, 3.8) is 0 Å². The van der Waals surface area contributed by atoms with Crippen molar-refractivity contribution in [2.45, 2.75) is 13.0 Å². The van der Waals surface area contributed by atoms with Crippen molar-refractivity contribution in [2.24, 2.45) is 0 Å². The van der Waals surface area contributed by atoms with Gasteiger partial charge in [0, 0.05) is 5.02 Å². The van der Waals surface area contributed by atoms with E-state index in [1.54, 1.807) is 30.3 Å². The van der Waals surface area contributed by atoms with E-state index in [2.05, 4.69) is 16.5 Å². The summed E-state index contributed by atoms with van der Waals surface area (Å²) in [7, 11) is 0. The maximum atomic E-state index is 13.2. The Kier molecular flexibility index (Phi) is 6.54. The molecule has 0 spiro atoms. The van der Waals surface area contributed by atoms with Gasteiger partial charge in [0.05, 0.1) is 26.0 Å². The molecule has 5 nitrogen and oxygen atoms in total. The van der Waals surface area contributed by atoms with Gasteiger partial charge in [-0.25, -0.2) is 4.68 Å². The third kappa shape index (κ3) is 4.38. The van der Waals surface area contributed by atoms with Crippen LogP contribution in [0.25, 0.3) is 16.3 Å². The van der Waals surface area contributed by atoms with E-state index in [0.29, 0.717) is 30.6 Å². The topological polar surface area (TPSA) is 70.7 Å². The summed E-state index contributed by atoms with van der Waals surface area (Å²) in [5.41, 5.74) is 1.99. The van der Waals surface area contributed by atoms with Gasteiger partial charge in [-0.05, 0) is 42.8 Å². The smallest absolute Gasteiger partial charge is 0.273 e. The van der Waals surface area contributed by atoms with Crippen molar-refractivity contribution >= 4 is 52.0 Å². The lowest BCUT2D eigenvalue weighted by molar-refractivity contribution is 0.0934. The van der Waals surface area contributed by atoms with Gasteiger partial charge in [-0.1, -0.05) is 65.1 Å². The van der Waals surface area contributed by atoms with E-state index in [9.17, 15) is 10.1 Å². The predicted octanol–water partition coefficient (Wildman–Crippen LogP) is 6.92. The van der Waals surface area contributed by atoms with Gasteiger partial charge in [-0.3, -0.25) is 4.79 Å². The molecular weight excluding hydrogens is 487 g/mol. The molecule has 2 heterocycles. The van der Waals surface area contributed by atoms with Gasteiger partial charge in [-0.15, -0.1) is 11.3 Å². The van der Waals surface area contributed by atoms with Crippen LogP contribution in [-0.2, 0) is 0 Å². The number of hydrogen-bond acceptors (Lipinski definition) is 4. The first-order chi connectivity index (χ1) is 15.4. The number of thiophene rings is 1. The molecule has 2 aromatic carbocycles. The number of halogens is 3. The molecule has 0 saturated carbocycles. The SMILES string of the molecule is C[C@@H](NC(=O)c1nn(-c2ccc(Cl)cc2Cl)c(-c2ccc(Cl)s2)c1C#N)c1ccccc1. The lowest BCUT2D eigenvalue weighted by Gasteiger charge is -2.13. The second-order valence-corrected chi connectivity index (χ2v) is 9.46. The average Bonchev–Trinajstić information content (AvgIpc) is 3.37. The second-order valence-electron chi connectivity index (χ2n) is 6.90. The maximum Gasteiger partial charge on any atom is 0.273 e. The summed E-state index contributed by atoms with van der Waals surface area (Å²) in [6.07, 6.45) is 0. The number of rotatable bonds is 5. The third-order valence-corrected chi connectivity index (χ3v) is 6.58. The van der Waals surface area contributed by atoms with Gasteiger partial charge < -0.3 is 5.32 Å². The molecule has 0 unspecified atom stereocenters. The van der Waals surface area contributed by atoms with Gasteiger partial charge in [0.1, 0.15) is 17.3 Å². The monoisotopic (exact) mass is 500 g/mol. The summed E-state index contributed by atoms with van der Waals surface area (Å²) in [5.74, 6) is -0.467. The summed E-state index contributed by atoms with van der Waals surface area (Å²) in [5, 5.41) is 18.2. The molecular formula is C23H15Cl3N4OS. The molecule has 0 fully saturated rings. The molecule has 1 N–H and O–H groups in total. The predicted molar refractivity (Wildman–Crippen MR) is 129 cm³/mol. The van der Waals surface area contributed by atoms with E-state index in [1.807, 2.05) is 37.3 Å². The lowest BCUT2D eigenvalue weighted by Crippen LogP contribution is -2.27. The van der Waals surface area contributed by atoms with E-state index >= 15 is 0 Å². The molecule has 1 atom stereocenters. The van der Waals surface area contributed by atoms with Crippen LogP contribution >= 0.6 is 46.1 Å². The zero-order valence-electron chi connectivity index (χ0n) is 16.6. The van der Waals surface area contributed by atoms with E-state index in [-0.39, 0.29) is 17.3 Å². The number of hydrogen-bond donors (Lipinski definition) is 1. The van der Waals surface area contributed by atoms with E-state index < -0.39 is 5.91 Å². The van der Waals surface area contributed by atoms with Gasteiger partial charge >= 0.3 is 0 Å². The maximum absolute atomic E-state index is 13.2. The van der Waals surface area contributed by atoms with E-state index in [1.165, 1.54) is 16.0 Å². The van der Waals surface area contributed by atoms with Crippen molar-refractivity contribution in [1.82, 2.24) is 15.1 Å². The first-order valence-corrected chi connectivity index (χ1v) is 11.4. The Balaban J connectivity index is 1.84. The fraction of sp³-hybridized carbons (Fsp3) is 0.0870. The number of amides is 1. The second kappa shape index (κ2) is 9.35. The van der Waals surface area contributed by atoms with Crippen LogP contribution in [0.1, 0.15) is 34.6 Å². The molecule has 4 rings (SSSR count). The third-order valence-electron chi connectivity index (χ3n) is 4.80. The first kappa shape index (κ1) is 22.4. The average molecular weight is 502 g/mol. The van der Waals surface area contributed by atoms with Crippen LogP contribution in [0.2, 0.25) is 14.4 Å². The molecule has 0 bridgehead atoms. The van der Waals surface area contributed by atoms with Crippen LogP contribution in [-0.4, -0.2) is 15.7 Å². The molecule has 160 valence electrons.